The van der Waals surface area contributed by atoms with Gasteiger partial charge in [-0.25, -0.2) is 8.42 Å². The van der Waals surface area contributed by atoms with Crippen LogP contribution in [0.4, 0.5) is 0 Å². The number of nitrogens with zero attached hydrogens (tertiary/aromatic N) is 3. The monoisotopic (exact) mass is 355 g/mol. The molecule has 2 saturated carbocycles. The normalized spacial score (nSPS) is 28.8. The lowest BCUT2D eigenvalue weighted by Crippen LogP contribution is -2.60. The SMILES string of the molecule is O=C(C1CN(S(=O)(=O)C2CC2)C1)N1CCN(C2CCCCC2)CC1. The highest BCUT2D eigenvalue weighted by molar-refractivity contribution is 7.90. The minimum atomic E-state index is -3.10. The first-order valence-corrected chi connectivity index (χ1v) is 11.1. The predicted molar refractivity (Wildman–Crippen MR) is 92.0 cm³/mol. The molecule has 136 valence electrons. The molecule has 0 aromatic rings. The third kappa shape index (κ3) is 3.22. The van der Waals surface area contributed by atoms with Crippen LogP contribution in [-0.2, 0) is 14.8 Å². The van der Waals surface area contributed by atoms with Crippen LogP contribution in [0.15, 0.2) is 0 Å². The van der Waals surface area contributed by atoms with E-state index in [4.69, 9.17) is 0 Å². The van der Waals surface area contributed by atoms with Gasteiger partial charge >= 0.3 is 0 Å². The van der Waals surface area contributed by atoms with Crippen LogP contribution < -0.4 is 0 Å². The van der Waals surface area contributed by atoms with Crippen LogP contribution >= 0.6 is 0 Å². The Labute approximate surface area is 145 Å². The van der Waals surface area contributed by atoms with Crippen molar-refractivity contribution < 1.29 is 13.2 Å². The fourth-order valence-corrected chi connectivity index (χ4v) is 6.32. The second kappa shape index (κ2) is 6.57. The van der Waals surface area contributed by atoms with Crippen molar-refractivity contribution in [1.82, 2.24) is 14.1 Å². The quantitative estimate of drug-likeness (QED) is 0.751. The molecule has 0 radical (unpaired) electrons. The molecule has 2 aliphatic heterocycles. The van der Waals surface area contributed by atoms with E-state index in [2.05, 4.69) is 4.90 Å². The molecule has 4 fully saturated rings. The number of amides is 1. The van der Waals surface area contributed by atoms with Crippen molar-refractivity contribution >= 4 is 15.9 Å². The van der Waals surface area contributed by atoms with E-state index in [0.29, 0.717) is 13.1 Å². The molecule has 0 N–H and O–H groups in total. The first-order valence-electron chi connectivity index (χ1n) is 9.57. The summed E-state index contributed by atoms with van der Waals surface area (Å²) in [7, 11) is -3.10. The molecule has 2 aliphatic carbocycles. The molecule has 0 aromatic carbocycles. The molecular formula is C17H29N3O3S. The average molecular weight is 356 g/mol. The molecule has 2 saturated heterocycles. The fourth-order valence-electron chi connectivity index (χ4n) is 4.39. The fraction of sp³-hybridized carbons (Fsp3) is 0.941. The minimum Gasteiger partial charge on any atom is -0.340 e. The van der Waals surface area contributed by atoms with Crippen LogP contribution in [0.3, 0.4) is 0 Å². The molecule has 0 bridgehead atoms. The summed E-state index contributed by atoms with van der Waals surface area (Å²) in [6.45, 7) is 4.38. The van der Waals surface area contributed by atoms with Gasteiger partial charge in [0.1, 0.15) is 0 Å². The summed E-state index contributed by atoms with van der Waals surface area (Å²) in [5.41, 5.74) is 0. The molecule has 4 rings (SSSR count). The maximum atomic E-state index is 12.6. The summed E-state index contributed by atoms with van der Waals surface area (Å²) in [5.74, 6) is 0.0558. The largest absolute Gasteiger partial charge is 0.340 e. The first kappa shape index (κ1) is 16.8. The van der Waals surface area contributed by atoms with Crippen LogP contribution in [0.5, 0.6) is 0 Å². The van der Waals surface area contributed by atoms with E-state index in [-0.39, 0.29) is 17.1 Å². The number of carbonyl (C=O) groups excluding carboxylic acids is 1. The van der Waals surface area contributed by atoms with Gasteiger partial charge in [0.15, 0.2) is 0 Å². The second-order valence-electron chi connectivity index (χ2n) is 7.91. The van der Waals surface area contributed by atoms with Gasteiger partial charge in [0.05, 0.1) is 11.2 Å². The molecule has 4 aliphatic rings. The third-order valence-corrected chi connectivity index (χ3v) is 8.55. The van der Waals surface area contributed by atoms with Crippen LogP contribution in [0, 0.1) is 5.92 Å². The van der Waals surface area contributed by atoms with Crippen LogP contribution in [0.25, 0.3) is 0 Å². The number of sulfonamides is 1. The van der Waals surface area contributed by atoms with E-state index in [1.807, 2.05) is 4.90 Å². The Morgan fingerprint density at radius 1 is 0.833 bits per heavy atom. The molecule has 6 nitrogen and oxygen atoms in total. The van der Waals surface area contributed by atoms with Gasteiger partial charge in [-0.1, -0.05) is 19.3 Å². The summed E-state index contributed by atoms with van der Waals surface area (Å²) < 4.78 is 25.8. The molecule has 24 heavy (non-hydrogen) atoms. The van der Waals surface area contributed by atoms with Crippen molar-refractivity contribution in [2.45, 2.75) is 56.2 Å². The van der Waals surface area contributed by atoms with Crippen molar-refractivity contribution in [2.75, 3.05) is 39.3 Å². The molecule has 0 spiro atoms. The molecule has 7 heteroatoms. The lowest BCUT2D eigenvalue weighted by molar-refractivity contribution is -0.141. The summed E-state index contributed by atoms with van der Waals surface area (Å²) in [4.78, 5) is 17.1. The van der Waals surface area contributed by atoms with Gasteiger partial charge < -0.3 is 4.90 Å². The highest BCUT2D eigenvalue weighted by Crippen LogP contribution is 2.35. The lowest BCUT2D eigenvalue weighted by Gasteiger charge is -2.44. The van der Waals surface area contributed by atoms with Crippen molar-refractivity contribution in [3.63, 3.8) is 0 Å². The molecule has 0 aromatic heterocycles. The molecule has 0 atom stereocenters. The average Bonchev–Trinajstić information content (AvgIpc) is 3.39. The third-order valence-electron chi connectivity index (χ3n) is 6.22. The summed E-state index contributed by atoms with van der Waals surface area (Å²) in [6, 6.07) is 0.721. The van der Waals surface area contributed by atoms with Gasteiger partial charge in [-0.2, -0.15) is 4.31 Å². The topological polar surface area (TPSA) is 60.9 Å². The standard InChI is InChI=1S/C17H29N3O3S/c21-17(14-12-20(13-14)24(22,23)16-6-7-16)19-10-8-18(9-11-19)15-4-2-1-3-5-15/h14-16H,1-13H2. The van der Waals surface area contributed by atoms with Crippen LogP contribution in [-0.4, -0.2) is 79.0 Å². The number of hydrogen-bond donors (Lipinski definition) is 0. The Morgan fingerprint density at radius 2 is 1.46 bits per heavy atom. The smallest absolute Gasteiger partial charge is 0.228 e. The van der Waals surface area contributed by atoms with Gasteiger partial charge in [0, 0.05) is 45.3 Å². The second-order valence-corrected chi connectivity index (χ2v) is 10.1. The maximum Gasteiger partial charge on any atom is 0.228 e. The van der Waals surface area contributed by atoms with Crippen LogP contribution in [0.1, 0.15) is 44.9 Å². The van der Waals surface area contributed by atoms with Crippen LogP contribution in [0.2, 0.25) is 0 Å². The molecule has 1 amide bonds. The number of carbonyl (C=O) groups is 1. The molecular weight excluding hydrogens is 326 g/mol. The van der Waals surface area contributed by atoms with E-state index in [1.54, 1.807) is 0 Å². The minimum absolute atomic E-state index is 0.111. The van der Waals surface area contributed by atoms with Gasteiger partial charge in [0.25, 0.3) is 0 Å². The Kier molecular flexibility index (Phi) is 4.60. The Balaban J connectivity index is 1.24. The highest BCUT2D eigenvalue weighted by Gasteiger charge is 2.47. The molecule has 2 heterocycles. The summed E-state index contributed by atoms with van der Waals surface area (Å²) in [6.07, 6.45) is 8.27. The number of piperazine rings is 1. The zero-order valence-corrected chi connectivity index (χ0v) is 15.2. The predicted octanol–water partition coefficient (Wildman–Crippen LogP) is 0.887. The zero-order valence-electron chi connectivity index (χ0n) is 14.4. The number of rotatable bonds is 4. The Morgan fingerprint density at radius 3 is 2.04 bits per heavy atom. The molecule has 0 unspecified atom stereocenters. The van der Waals surface area contributed by atoms with Crippen molar-refractivity contribution in [3.8, 4) is 0 Å². The maximum absolute atomic E-state index is 12.6. The first-order chi connectivity index (χ1) is 11.6. The zero-order chi connectivity index (χ0) is 16.7. The summed E-state index contributed by atoms with van der Waals surface area (Å²) in [5, 5.41) is -0.160. The van der Waals surface area contributed by atoms with Gasteiger partial charge in [0.2, 0.25) is 15.9 Å². The van der Waals surface area contributed by atoms with Gasteiger partial charge in [-0.3, -0.25) is 9.69 Å². The van der Waals surface area contributed by atoms with E-state index in [0.717, 1.165) is 45.1 Å². The van der Waals surface area contributed by atoms with Gasteiger partial charge in [-0.15, -0.1) is 0 Å². The van der Waals surface area contributed by atoms with E-state index < -0.39 is 10.0 Å². The van der Waals surface area contributed by atoms with E-state index in [1.165, 1.54) is 36.4 Å². The highest BCUT2D eigenvalue weighted by atomic mass is 32.2. The lowest BCUT2D eigenvalue weighted by atomic mass is 9.93. The van der Waals surface area contributed by atoms with E-state index >= 15 is 0 Å². The van der Waals surface area contributed by atoms with Crippen molar-refractivity contribution in [1.29, 1.82) is 0 Å². The number of hydrogen-bond acceptors (Lipinski definition) is 4. The summed E-state index contributed by atoms with van der Waals surface area (Å²) >= 11 is 0. The van der Waals surface area contributed by atoms with Crippen molar-refractivity contribution in [3.05, 3.63) is 0 Å². The Hall–Kier alpha value is -0.660. The van der Waals surface area contributed by atoms with Crippen molar-refractivity contribution in [2.24, 2.45) is 5.92 Å². The Bertz CT molecular complexity index is 570. The van der Waals surface area contributed by atoms with E-state index in [9.17, 15) is 13.2 Å². The van der Waals surface area contributed by atoms with Gasteiger partial charge in [-0.05, 0) is 25.7 Å².